The predicted molar refractivity (Wildman–Crippen MR) is 47.9 cm³/mol. The molecule has 5 heteroatoms. The Kier molecular flexibility index (Phi) is 2.18. The molecule has 0 bridgehead atoms. The molecule has 13 heavy (non-hydrogen) atoms. The van der Waals surface area contributed by atoms with Crippen molar-refractivity contribution in [2.45, 2.75) is 6.54 Å². The molecule has 0 saturated heterocycles. The summed E-state index contributed by atoms with van der Waals surface area (Å²) in [5.74, 6) is 0. The van der Waals surface area contributed by atoms with Crippen LogP contribution in [-0.4, -0.2) is 20.2 Å². The van der Waals surface area contributed by atoms with E-state index in [0.29, 0.717) is 6.54 Å². The van der Waals surface area contributed by atoms with E-state index in [1.807, 2.05) is 6.07 Å². The molecule has 2 rings (SSSR count). The third kappa shape index (κ3) is 2.02. The maximum atomic E-state index is 3.89. The fourth-order valence-corrected chi connectivity index (χ4v) is 0.971. The zero-order valence-corrected chi connectivity index (χ0v) is 6.94. The maximum absolute atomic E-state index is 3.89. The molecule has 0 aliphatic rings. The number of aromatic amines is 1. The lowest BCUT2D eigenvalue weighted by Gasteiger charge is -2.01. The molecule has 0 saturated carbocycles. The van der Waals surface area contributed by atoms with Crippen molar-refractivity contribution in [3.63, 3.8) is 0 Å². The Morgan fingerprint density at radius 2 is 2.15 bits per heavy atom. The van der Waals surface area contributed by atoms with Gasteiger partial charge in [-0.3, -0.25) is 5.10 Å². The topological polar surface area (TPSA) is 66.5 Å². The minimum absolute atomic E-state index is 0.702. The van der Waals surface area contributed by atoms with Crippen LogP contribution < -0.4 is 5.32 Å². The fraction of sp³-hybridized carbons (Fsp3) is 0.125. The van der Waals surface area contributed by atoms with Gasteiger partial charge in [0, 0.05) is 6.20 Å². The SMILES string of the molecule is c1ncc(NCc2ccn[nH]2)cn1. The van der Waals surface area contributed by atoms with Crippen molar-refractivity contribution in [1.29, 1.82) is 0 Å². The van der Waals surface area contributed by atoms with Crippen molar-refractivity contribution in [2.75, 3.05) is 5.32 Å². The normalized spacial score (nSPS) is 9.85. The lowest BCUT2D eigenvalue weighted by atomic mass is 10.4. The molecule has 2 aromatic heterocycles. The van der Waals surface area contributed by atoms with Gasteiger partial charge in [-0.15, -0.1) is 0 Å². The largest absolute Gasteiger partial charge is 0.377 e. The van der Waals surface area contributed by atoms with E-state index in [1.54, 1.807) is 18.6 Å². The standard InChI is InChI=1S/C8H9N5/c1-2-12-13-7(1)5-11-8-3-9-6-10-4-8/h1-4,6,11H,5H2,(H,12,13). The molecule has 0 radical (unpaired) electrons. The van der Waals surface area contributed by atoms with Gasteiger partial charge in [-0.25, -0.2) is 9.97 Å². The van der Waals surface area contributed by atoms with Gasteiger partial charge in [0.05, 0.1) is 30.3 Å². The van der Waals surface area contributed by atoms with Crippen LogP contribution in [0.3, 0.4) is 0 Å². The van der Waals surface area contributed by atoms with Gasteiger partial charge in [-0.2, -0.15) is 5.10 Å². The van der Waals surface area contributed by atoms with E-state index in [4.69, 9.17) is 0 Å². The Balaban J connectivity index is 1.94. The van der Waals surface area contributed by atoms with Crippen LogP contribution in [0.4, 0.5) is 5.69 Å². The third-order valence-electron chi connectivity index (χ3n) is 1.60. The molecule has 5 nitrogen and oxygen atoms in total. The van der Waals surface area contributed by atoms with Gasteiger partial charge in [0.2, 0.25) is 0 Å². The van der Waals surface area contributed by atoms with E-state index in [1.165, 1.54) is 6.33 Å². The lowest BCUT2D eigenvalue weighted by molar-refractivity contribution is 0.977. The van der Waals surface area contributed by atoms with Gasteiger partial charge in [0.15, 0.2) is 0 Å². The van der Waals surface area contributed by atoms with Gasteiger partial charge in [0.1, 0.15) is 6.33 Å². The van der Waals surface area contributed by atoms with Crippen LogP contribution in [0.2, 0.25) is 0 Å². The Bertz CT molecular complexity index is 342. The number of aromatic nitrogens is 4. The van der Waals surface area contributed by atoms with Crippen LogP contribution in [-0.2, 0) is 6.54 Å². The van der Waals surface area contributed by atoms with Gasteiger partial charge in [0.25, 0.3) is 0 Å². The number of nitrogens with one attached hydrogen (secondary N) is 2. The van der Waals surface area contributed by atoms with Crippen molar-refractivity contribution in [1.82, 2.24) is 20.2 Å². The molecule has 2 N–H and O–H groups in total. The maximum Gasteiger partial charge on any atom is 0.115 e. The number of H-pyrrole nitrogens is 1. The zero-order chi connectivity index (χ0) is 8.93. The van der Waals surface area contributed by atoms with Crippen molar-refractivity contribution >= 4 is 5.69 Å². The Hall–Kier alpha value is -1.91. The Labute approximate surface area is 75.2 Å². The van der Waals surface area contributed by atoms with Crippen LogP contribution >= 0.6 is 0 Å². The molecule has 0 aliphatic carbocycles. The first kappa shape index (κ1) is 7.72. The number of nitrogens with zero attached hydrogens (tertiary/aromatic N) is 3. The molecule has 0 fully saturated rings. The summed E-state index contributed by atoms with van der Waals surface area (Å²) in [6.45, 7) is 0.702. The molecular formula is C8H9N5. The third-order valence-corrected chi connectivity index (χ3v) is 1.60. The number of rotatable bonds is 3. The summed E-state index contributed by atoms with van der Waals surface area (Å²) in [6, 6.07) is 1.91. The van der Waals surface area contributed by atoms with Crippen LogP contribution in [0.1, 0.15) is 5.69 Å². The van der Waals surface area contributed by atoms with Crippen molar-refractivity contribution in [2.24, 2.45) is 0 Å². The van der Waals surface area contributed by atoms with Gasteiger partial charge >= 0.3 is 0 Å². The lowest BCUT2D eigenvalue weighted by Crippen LogP contribution is -2.00. The van der Waals surface area contributed by atoms with Crippen LogP contribution in [0.5, 0.6) is 0 Å². The second-order valence-corrected chi connectivity index (χ2v) is 2.56. The molecule has 2 heterocycles. The molecule has 66 valence electrons. The van der Waals surface area contributed by atoms with Crippen molar-refractivity contribution < 1.29 is 0 Å². The highest BCUT2D eigenvalue weighted by atomic mass is 15.1. The monoisotopic (exact) mass is 175 g/mol. The molecule has 0 amide bonds. The summed E-state index contributed by atoms with van der Waals surface area (Å²) in [6.07, 6.45) is 6.67. The van der Waals surface area contributed by atoms with Gasteiger partial charge in [-0.1, -0.05) is 0 Å². The number of hydrogen-bond acceptors (Lipinski definition) is 4. The molecular weight excluding hydrogens is 166 g/mol. The minimum atomic E-state index is 0.702. The highest BCUT2D eigenvalue weighted by Crippen LogP contribution is 2.02. The smallest absolute Gasteiger partial charge is 0.115 e. The van der Waals surface area contributed by atoms with Crippen LogP contribution in [0.15, 0.2) is 31.0 Å². The van der Waals surface area contributed by atoms with Crippen molar-refractivity contribution in [3.05, 3.63) is 36.7 Å². The zero-order valence-electron chi connectivity index (χ0n) is 6.94. The first-order valence-corrected chi connectivity index (χ1v) is 3.92. The predicted octanol–water partition coefficient (Wildman–Crippen LogP) is 0.812. The second-order valence-electron chi connectivity index (χ2n) is 2.56. The summed E-state index contributed by atoms with van der Waals surface area (Å²) in [5, 5.41) is 9.84. The van der Waals surface area contributed by atoms with Gasteiger partial charge in [-0.05, 0) is 6.07 Å². The highest BCUT2D eigenvalue weighted by molar-refractivity contribution is 5.37. The minimum Gasteiger partial charge on any atom is -0.377 e. The fourth-order valence-electron chi connectivity index (χ4n) is 0.971. The molecule has 2 aromatic rings. The quantitative estimate of drug-likeness (QED) is 0.724. The summed E-state index contributed by atoms with van der Waals surface area (Å²) < 4.78 is 0. The summed E-state index contributed by atoms with van der Waals surface area (Å²) in [5.41, 5.74) is 1.93. The van der Waals surface area contributed by atoms with Crippen LogP contribution in [0.25, 0.3) is 0 Å². The first-order valence-electron chi connectivity index (χ1n) is 3.92. The second kappa shape index (κ2) is 3.66. The van der Waals surface area contributed by atoms with Crippen LogP contribution in [0, 0.1) is 0 Å². The highest BCUT2D eigenvalue weighted by Gasteiger charge is 1.93. The average Bonchev–Trinajstić information content (AvgIpc) is 2.69. The summed E-state index contributed by atoms with van der Waals surface area (Å²) >= 11 is 0. The molecule has 0 atom stereocenters. The number of anilines is 1. The van der Waals surface area contributed by atoms with E-state index in [9.17, 15) is 0 Å². The van der Waals surface area contributed by atoms with Crippen molar-refractivity contribution in [3.8, 4) is 0 Å². The van der Waals surface area contributed by atoms with E-state index >= 15 is 0 Å². The summed E-state index contributed by atoms with van der Waals surface area (Å²) in [7, 11) is 0. The Morgan fingerprint density at radius 3 is 2.85 bits per heavy atom. The van der Waals surface area contributed by atoms with Gasteiger partial charge < -0.3 is 5.32 Å². The molecule has 0 aliphatic heterocycles. The Morgan fingerprint density at radius 1 is 1.31 bits per heavy atom. The van der Waals surface area contributed by atoms with E-state index < -0.39 is 0 Å². The first-order chi connectivity index (χ1) is 6.45. The van der Waals surface area contributed by atoms with E-state index in [-0.39, 0.29) is 0 Å². The molecule has 0 spiro atoms. The average molecular weight is 175 g/mol. The number of hydrogen-bond donors (Lipinski definition) is 2. The summed E-state index contributed by atoms with van der Waals surface area (Å²) in [4.78, 5) is 7.77. The molecule has 0 aromatic carbocycles. The van der Waals surface area contributed by atoms with E-state index in [0.717, 1.165) is 11.4 Å². The molecule has 0 unspecified atom stereocenters. The van der Waals surface area contributed by atoms with E-state index in [2.05, 4.69) is 25.5 Å².